The minimum atomic E-state index is -0.585. The Morgan fingerprint density at radius 1 is 1.20 bits per heavy atom. The van der Waals surface area contributed by atoms with E-state index >= 15 is 0 Å². The summed E-state index contributed by atoms with van der Waals surface area (Å²) < 4.78 is 17.2. The van der Waals surface area contributed by atoms with Crippen LogP contribution in [0.15, 0.2) is 42.5 Å². The van der Waals surface area contributed by atoms with Gasteiger partial charge in [0.25, 0.3) is 5.91 Å². The zero-order chi connectivity index (χ0) is 17.8. The smallest absolute Gasteiger partial charge is 0.260 e. The second-order valence-corrected chi connectivity index (χ2v) is 6.33. The van der Waals surface area contributed by atoms with Gasteiger partial charge in [0.2, 0.25) is 0 Å². The van der Waals surface area contributed by atoms with E-state index in [1.807, 2.05) is 50.2 Å². The van der Waals surface area contributed by atoms with Gasteiger partial charge in [0.1, 0.15) is 18.5 Å². The average molecular weight is 341 g/mol. The first-order valence-electron chi connectivity index (χ1n) is 8.42. The summed E-state index contributed by atoms with van der Waals surface area (Å²) in [5.41, 5.74) is 2.21. The van der Waals surface area contributed by atoms with Crippen LogP contribution in [0.1, 0.15) is 18.1 Å². The highest BCUT2D eigenvalue weighted by Gasteiger charge is 2.22. The molecule has 0 fully saturated rings. The molecule has 0 saturated heterocycles. The zero-order valence-electron chi connectivity index (χ0n) is 14.7. The largest absolute Gasteiger partial charge is 0.486 e. The topological polar surface area (TPSA) is 56.8 Å². The number of rotatable bonds is 5. The molecule has 25 heavy (non-hydrogen) atoms. The van der Waals surface area contributed by atoms with E-state index in [2.05, 4.69) is 11.4 Å². The first-order chi connectivity index (χ1) is 12.0. The van der Waals surface area contributed by atoms with Crippen molar-refractivity contribution in [2.75, 3.05) is 13.2 Å². The Hall–Kier alpha value is -2.69. The Labute approximate surface area is 147 Å². The normalized spacial score (nSPS) is 16.8. The summed E-state index contributed by atoms with van der Waals surface area (Å²) >= 11 is 0. The molecule has 1 aliphatic rings. The summed E-state index contributed by atoms with van der Waals surface area (Å²) in [5.74, 6) is 1.96. The van der Waals surface area contributed by atoms with Crippen molar-refractivity contribution in [1.82, 2.24) is 5.32 Å². The van der Waals surface area contributed by atoms with Gasteiger partial charge >= 0.3 is 0 Å². The lowest BCUT2D eigenvalue weighted by Crippen LogP contribution is -2.44. The van der Waals surface area contributed by atoms with Crippen molar-refractivity contribution < 1.29 is 19.0 Å². The number of carbonyl (C=O) groups is 1. The van der Waals surface area contributed by atoms with Crippen LogP contribution in [0.25, 0.3) is 0 Å². The van der Waals surface area contributed by atoms with E-state index in [1.165, 1.54) is 0 Å². The van der Waals surface area contributed by atoms with E-state index in [0.29, 0.717) is 24.7 Å². The molecule has 1 amide bonds. The maximum atomic E-state index is 12.3. The van der Waals surface area contributed by atoms with Crippen molar-refractivity contribution in [3.05, 3.63) is 53.6 Å². The number of para-hydroxylation sites is 2. The minimum Gasteiger partial charge on any atom is -0.486 e. The highest BCUT2D eigenvalue weighted by Crippen LogP contribution is 2.30. The number of hydrogen-bond acceptors (Lipinski definition) is 4. The van der Waals surface area contributed by atoms with Crippen LogP contribution in [0.3, 0.4) is 0 Å². The predicted octanol–water partition coefficient (Wildman–Crippen LogP) is 3.03. The molecule has 2 aromatic rings. The molecule has 0 unspecified atom stereocenters. The Balaban J connectivity index is 1.51. The van der Waals surface area contributed by atoms with Gasteiger partial charge in [0, 0.05) is 0 Å². The van der Waals surface area contributed by atoms with Crippen LogP contribution >= 0.6 is 0 Å². The SMILES string of the molecule is Cc1cc(C)cc(O[C@@H](C)C(=O)NC[C@@H]2COc3ccccc3O2)c1. The third-order valence-electron chi connectivity index (χ3n) is 3.95. The summed E-state index contributed by atoms with van der Waals surface area (Å²) in [6, 6.07) is 13.4. The maximum absolute atomic E-state index is 12.3. The standard InChI is InChI=1S/C20H23NO4/c1-13-8-14(2)10-16(9-13)24-15(3)20(22)21-11-17-12-23-18-6-4-5-7-19(18)25-17/h4-10,15,17H,11-12H2,1-3H3,(H,21,22)/t15-,17+/m0/s1. The van der Waals surface area contributed by atoms with Crippen molar-refractivity contribution in [3.63, 3.8) is 0 Å². The minimum absolute atomic E-state index is 0.179. The van der Waals surface area contributed by atoms with Gasteiger partial charge in [-0.1, -0.05) is 18.2 Å². The lowest BCUT2D eigenvalue weighted by Gasteiger charge is -2.27. The Kier molecular flexibility index (Phi) is 5.12. The summed E-state index contributed by atoms with van der Waals surface area (Å²) in [6.45, 7) is 6.52. The van der Waals surface area contributed by atoms with Crippen LogP contribution in [0.2, 0.25) is 0 Å². The highest BCUT2D eigenvalue weighted by atomic mass is 16.6. The monoisotopic (exact) mass is 341 g/mol. The Bertz CT molecular complexity index is 739. The van der Waals surface area contributed by atoms with Crippen molar-refractivity contribution in [2.45, 2.75) is 33.0 Å². The molecular weight excluding hydrogens is 318 g/mol. The van der Waals surface area contributed by atoms with Crippen LogP contribution in [-0.2, 0) is 4.79 Å². The summed E-state index contributed by atoms with van der Waals surface area (Å²) in [7, 11) is 0. The van der Waals surface area contributed by atoms with Gasteiger partial charge in [0.15, 0.2) is 17.6 Å². The van der Waals surface area contributed by atoms with Gasteiger partial charge in [-0.3, -0.25) is 4.79 Å². The van der Waals surface area contributed by atoms with E-state index in [9.17, 15) is 4.79 Å². The van der Waals surface area contributed by atoms with E-state index < -0.39 is 6.10 Å². The van der Waals surface area contributed by atoms with Gasteiger partial charge < -0.3 is 19.5 Å². The number of nitrogens with one attached hydrogen (secondary N) is 1. The Morgan fingerprint density at radius 3 is 2.60 bits per heavy atom. The van der Waals surface area contributed by atoms with Gasteiger partial charge in [-0.15, -0.1) is 0 Å². The van der Waals surface area contributed by atoms with E-state index in [0.717, 1.165) is 16.9 Å². The van der Waals surface area contributed by atoms with Crippen LogP contribution in [0.5, 0.6) is 17.2 Å². The van der Waals surface area contributed by atoms with E-state index in [1.54, 1.807) is 6.92 Å². The molecule has 5 nitrogen and oxygen atoms in total. The maximum Gasteiger partial charge on any atom is 0.260 e. The molecule has 0 spiro atoms. The molecule has 132 valence electrons. The number of fused-ring (bicyclic) bond motifs is 1. The van der Waals surface area contributed by atoms with Crippen LogP contribution in [0.4, 0.5) is 0 Å². The van der Waals surface area contributed by atoms with Gasteiger partial charge in [-0.2, -0.15) is 0 Å². The lowest BCUT2D eigenvalue weighted by molar-refractivity contribution is -0.127. The number of ether oxygens (including phenoxy) is 3. The van der Waals surface area contributed by atoms with Crippen LogP contribution < -0.4 is 19.5 Å². The van der Waals surface area contributed by atoms with Crippen LogP contribution in [0, 0.1) is 13.8 Å². The molecule has 3 rings (SSSR count). The molecule has 2 aromatic carbocycles. The predicted molar refractivity (Wildman–Crippen MR) is 95.4 cm³/mol. The number of aryl methyl sites for hydroxylation is 2. The molecule has 5 heteroatoms. The van der Waals surface area contributed by atoms with E-state index in [4.69, 9.17) is 14.2 Å². The van der Waals surface area contributed by atoms with Gasteiger partial charge in [0.05, 0.1) is 6.54 Å². The molecule has 1 heterocycles. The number of benzene rings is 2. The average Bonchev–Trinajstić information content (AvgIpc) is 2.58. The quantitative estimate of drug-likeness (QED) is 0.908. The van der Waals surface area contributed by atoms with Crippen molar-refractivity contribution in [2.24, 2.45) is 0 Å². The first-order valence-corrected chi connectivity index (χ1v) is 8.42. The van der Waals surface area contributed by atoms with Gasteiger partial charge in [-0.05, 0) is 56.2 Å². The fourth-order valence-corrected chi connectivity index (χ4v) is 2.78. The summed E-state index contributed by atoms with van der Waals surface area (Å²) in [4.78, 5) is 12.3. The highest BCUT2D eigenvalue weighted by molar-refractivity contribution is 5.80. The zero-order valence-corrected chi connectivity index (χ0v) is 14.7. The molecule has 1 N–H and O–H groups in total. The van der Waals surface area contributed by atoms with Crippen LogP contribution in [-0.4, -0.2) is 31.3 Å². The Morgan fingerprint density at radius 2 is 1.88 bits per heavy atom. The third-order valence-corrected chi connectivity index (χ3v) is 3.95. The molecule has 1 aliphatic heterocycles. The molecule has 0 aromatic heterocycles. The fourth-order valence-electron chi connectivity index (χ4n) is 2.78. The van der Waals surface area contributed by atoms with E-state index in [-0.39, 0.29) is 12.0 Å². The first kappa shape index (κ1) is 17.1. The third kappa shape index (κ3) is 4.44. The summed E-state index contributed by atoms with van der Waals surface area (Å²) in [6.07, 6.45) is -0.801. The molecular formula is C20H23NO4. The second-order valence-electron chi connectivity index (χ2n) is 6.33. The number of amides is 1. The molecule has 0 aliphatic carbocycles. The summed E-state index contributed by atoms with van der Waals surface area (Å²) in [5, 5.41) is 2.86. The molecule has 0 bridgehead atoms. The molecule has 0 radical (unpaired) electrons. The number of carbonyl (C=O) groups excluding carboxylic acids is 1. The molecule has 0 saturated carbocycles. The second kappa shape index (κ2) is 7.47. The van der Waals surface area contributed by atoms with Crippen molar-refractivity contribution in [3.8, 4) is 17.2 Å². The number of hydrogen-bond donors (Lipinski definition) is 1. The lowest BCUT2D eigenvalue weighted by atomic mass is 10.1. The van der Waals surface area contributed by atoms with Crippen molar-refractivity contribution >= 4 is 5.91 Å². The van der Waals surface area contributed by atoms with Gasteiger partial charge in [-0.25, -0.2) is 0 Å². The fraction of sp³-hybridized carbons (Fsp3) is 0.350. The molecule has 2 atom stereocenters. The van der Waals surface area contributed by atoms with Crippen molar-refractivity contribution in [1.29, 1.82) is 0 Å².